The molecule has 1 fully saturated rings. The molecule has 0 saturated carbocycles. The molecule has 1 amide bonds. The third-order valence-electron chi connectivity index (χ3n) is 5.49. The molecule has 5 rings (SSSR count). The number of amides is 1. The van der Waals surface area contributed by atoms with Gasteiger partial charge in [0.1, 0.15) is 5.76 Å². The number of ether oxygens (including phenoxy) is 3. The maximum Gasteiger partial charge on any atom is 0.295 e. The second kappa shape index (κ2) is 8.05. The largest absolute Gasteiger partial charge is 0.507 e. The number of benzene rings is 2. The molecule has 2 aliphatic rings. The number of rotatable bonds is 5. The Balaban J connectivity index is 1.70. The van der Waals surface area contributed by atoms with Crippen molar-refractivity contribution in [2.75, 3.05) is 13.9 Å². The second-order valence-corrected chi connectivity index (χ2v) is 8.36. The molecule has 1 aromatic heterocycles. The van der Waals surface area contributed by atoms with E-state index in [1.807, 2.05) is 23.6 Å². The third-order valence-corrected chi connectivity index (χ3v) is 6.35. The van der Waals surface area contributed by atoms with E-state index < -0.39 is 17.7 Å². The summed E-state index contributed by atoms with van der Waals surface area (Å²) in [6, 6.07) is 15.1. The Morgan fingerprint density at radius 2 is 1.97 bits per heavy atom. The Hall–Kier alpha value is -3.78. The fraction of sp³-hybridized carbons (Fsp3) is 0.167. The number of methoxy groups -OCH3 is 1. The maximum absolute atomic E-state index is 13.1. The van der Waals surface area contributed by atoms with E-state index in [-0.39, 0.29) is 24.7 Å². The number of carbonyl (C=O) groups excluding carboxylic acids is 2. The zero-order valence-electron chi connectivity index (χ0n) is 17.1. The van der Waals surface area contributed by atoms with E-state index in [0.29, 0.717) is 28.4 Å². The number of likely N-dealkylation sites (tertiary alicyclic amines) is 1. The molecule has 32 heavy (non-hydrogen) atoms. The van der Waals surface area contributed by atoms with Gasteiger partial charge in [0, 0.05) is 10.4 Å². The molecule has 1 atom stereocenters. The van der Waals surface area contributed by atoms with Gasteiger partial charge in [0.15, 0.2) is 11.5 Å². The summed E-state index contributed by atoms with van der Waals surface area (Å²) in [6.07, 6.45) is 0. The molecule has 8 heteroatoms. The second-order valence-electron chi connectivity index (χ2n) is 7.33. The average Bonchev–Trinajstić information content (AvgIpc) is 3.56. The van der Waals surface area contributed by atoms with Gasteiger partial charge < -0.3 is 24.2 Å². The number of hydrogen-bond acceptors (Lipinski definition) is 7. The van der Waals surface area contributed by atoms with Crippen LogP contribution in [0.5, 0.6) is 17.2 Å². The Morgan fingerprint density at radius 3 is 2.69 bits per heavy atom. The number of Topliss-reactive ketones (excluding diaryl/α,β-unsaturated/α-hetero) is 1. The van der Waals surface area contributed by atoms with Crippen LogP contribution in [0.3, 0.4) is 0 Å². The number of aliphatic hydroxyl groups is 1. The van der Waals surface area contributed by atoms with Crippen molar-refractivity contribution in [3.63, 3.8) is 0 Å². The van der Waals surface area contributed by atoms with Gasteiger partial charge in [-0.15, -0.1) is 11.3 Å². The molecule has 0 spiro atoms. The summed E-state index contributed by atoms with van der Waals surface area (Å²) < 4.78 is 16.5. The topological polar surface area (TPSA) is 85.3 Å². The Morgan fingerprint density at radius 1 is 1.16 bits per heavy atom. The summed E-state index contributed by atoms with van der Waals surface area (Å²) in [5.41, 5.74) is 1.07. The van der Waals surface area contributed by atoms with E-state index in [9.17, 15) is 14.7 Å². The van der Waals surface area contributed by atoms with Crippen molar-refractivity contribution in [3.05, 3.63) is 81.6 Å². The predicted octanol–water partition coefficient (Wildman–Crippen LogP) is 4.11. The smallest absolute Gasteiger partial charge is 0.295 e. The van der Waals surface area contributed by atoms with Crippen LogP contribution >= 0.6 is 11.3 Å². The van der Waals surface area contributed by atoms with Crippen LogP contribution in [-0.2, 0) is 16.1 Å². The normalized spacial score (nSPS) is 18.9. The first kappa shape index (κ1) is 20.1. The highest BCUT2D eigenvalue weighted by molar-refractivity contribution is 7.09. The zero-order chi connectivity index (χ0) is 22.2. The average molecular weight is 449 g/mol. The molecule has 7 nitrogen and oxygen atoms in total. The first-order valence-corrected chi connectivity index (χ1v) is 10.8. The van der Waals surface area contributed by atoms with Gasteiger partial charge in [-0.25, -0.2) is 0 Å². The molecule has 1 saturated heterocycles. The highest BCUT2D eigenvalue weighted by Gasteiger charge is 2.46. The summed E-state index contributed by atoms with van der Waals surface area (Å²) in [5, 5.41) is 13.0. The molecule has 3 heterocycles. The summed E-state index contributed by atoms with van der Waals surface area (Å²) >= 11 is 1.49. The molecule has 2 aromatic carbocycles. The van der Waals surface area contributed by atoms with Gasteiger partial charge in [-0.2, -0.15) is 0 Å². The molecule has 0 bridgehead atoms. The highest BCUT2D eigenvalue weighted by Crippen LogP contribution is 2.47. The summed E-state index contributed by atoms with van der Waals surface area (Å²) in [5.74, 6) is -0.270. The van der Waals surface area contributed by atoms with Crippen molar-refractivity contribution in [3.8, 4) is 17.2 Å². The number of nitrogens with zero attached hydrogens (tertiary/aromatic N) is 1. The van der Waals surface area contributed by atoms with Gasteiger partial charge in [0.25, 0.3) is 11.7 Å². The highest BCUT2D eigenvalue weighted by atomic mass is 32.1. The van der Waals surface area contributed by atoms with E-state index in [2.05, 4.69) is 0 Å². The minimum atomic E-state index is -0.819. The van der Waals surface area contributed by atoms with Crippen molar-refractivity contribution < 1.29 is 28.9 Å². The summed E-state index contributed by atoms with van der Waals surface area (Å²) in [4.78, 5) is 28.6. The SMILES string of the molecule is COc1cc(C2/C(=C(\O)c3ccccc3)C(=O)C(=O)N2Cc2cccs2)cc2c1OCO2. The van der Waals surface area contributed by atoms with Crippen molar-refractivity contribution in [1.29, 1.82) is 0 Å². The first-order valence-electron chi connectivity index (χ1n) is 9.92. The van der Waals surface area contributed by atoms with Gasteiger partial charge in [0.2, 0.25) is 12.5 Å². The number of ketones is 1. The van der Waals surface area contributed by atoms with Gasteiger partial charge >= 0.3 is 0 Å². The van der Waals surface area contributed by atoms with Crippen LogP contribution in [0.1, 0.15) is 22.0 Å². The van der Waals surface area contributed by atoms with Crippen LogP contribution in [0.15, 0.2) is 65.6 Å². The lowest BCUT2D eigenvalue weighted by Crippen LogP contribution is -2.28. The fourth-order valence-corrected chi connectivity index (χ4v) is 4.72. The van der Waals surface area contributed by atoms with E-state index in [4.69, 9.17) is 14.2 Å². The predicted molar refractivity (Wildman–Crippen MR) is 118 cm³/mol. The van der Waals surface area contributed by atoms with Crippen LogP contribution < -0.4 is 14.2 Å². The van der Waals surface area contributed by atoms with Gasteiger partial charge in [-0.3, -0.25) is 9.59 Å². The monoisotopic (exact) mass is 449 g/mol. The quantitative estimate of drug-likeness (QED) is 0.359. The van der Waals surface area contributed by atoms with Crippen LogP contribution in [0.4, 0.5) is 0 Å². The van der Waals surface area contributed by atoms with Crippen molar-refractivity contribution in [1.82, 2.24) is 4.90 Å². The standard InChI is InChI=1S/C24H19NO6S/c1-29-17-10-15(11-18-23(17)31-13-30-18)20-19(21(26)14-6-3-2-4-7-14)22(27)24(28)25(20)12-16-8-5-9-32-16/h2-11,20,26H,12-13H2,1H3/b21-19+. The molecule has 1 N–H and O–H groups in total. The third kappa shape index (κ3) is 3.29. The van der Waals surface area contributed by atoms with Crippen molar-refractivity contribution in [2.45, 2.75) is 12.6 Å². The van der Waals surface area contributed by atoms with Gasteiger partial charge in [-0.1, -0.05) is 36.4 Å². The van der Waals surface area contributed by atoms with E-state index in [1.165, 1.54) is 23.3 Å². The molecule has 0 radical (unpaired) electrons. The number of hydrogen-bond donors (Lipinski definition) is 1. The molecule has 2 aliphatic heterocycles. The number of aliphatic hydroxyl groups excluding tert-OH is 1. The zero-order valence-corrected chi connectivity index (χ0v) is 17.9. The molecule has 162 valence electrons. The van der Waals surface area contributed by atoms with Gasteiger partial charge in [0.05, 0.1) is 25.3 Å². The Kier molecular flexibility index (Phi) is 5.07. The number of thiophene rings is 1. The van der Waals surface area contributed by atoms with E-state index in [0.717, 1.165) is 4.88 Å². The van der Waals surface area contributed by atoms with Gasteiger partial charge in [-0.05, 0) is 29.1 Å². The van der Waals surface area contributed by atoms with Crippen LogP contribution in [0.2, 0.25) is 0 Å². The van der Waals surface area contributed by atoms with Crippen LogP contribution in [-0.4, -0.2) is 35.6 Å². The Labute approximate surface area is 188 Å². The molecule has 1 unspecified atom stereocenters. The number of fused-ring (bicyclic) bond motifs is 1. The van der Waals surface area contributed by atoms with Crippen molar-refractivity contribution in [2.24, 2.45) is 0 Å². The molecule has 0 aliphatic carbocycles. The minimum absolute atomic E-state index is 0.0266. The molecular weight excluding hydrogens is 430 g/mol. The first-order chi connectivity index (χ1) is 15.6. The van der Waals surface area contributed by atoms with Crippen LogP contribution in [0, 0.1) is 0 Å². The molecule has 3 aromatic rings. The Bertz CT molecular complexity index is 1220. The number of carbonyl (C=O) groups is 2. The van der Waals surface area contributed by atoms with Crippen molar-refractivity contribution >= 4 is 28.8 Å². The lowest BCUT2D eigenvalue weighted by Gasteiger charge is -2.25. The molecular formula is C24H19NO6S. The summed E-state index contributed by atoms with van der Waals surface area (Å²) in [7, 11) is 1.51. The maximum atomic E-state index is 13.1. The fourth-order valence-electron chi connectivity index (χ4n) is 4.02. The lowest BCUT2D eigenvalue weighted by molar-refractivity contribution is -0.140. The van der Waals surface area contributed by atoms with E-state index in [1.54, 1.807) is 36.4 Å². The lowest BCUT2D eigenvalue weighted by atomic mass is 9.94. The van der Waals surface area contributed by atoms with E-state index >= 15 is 0 Å². The van der Waals surface area contributed by atoms with Crippen LogP contribution in [0.25, 0.3) is 5.76 Å². The summed E-state index contributed by atoms with van der Waals surface area (Å²) in [6.45, 7) is 0.282. The minimum Gasteiger partial charge on any atom is -0.507 e.